The van der Waals surface area contributed by atoms with Crippen LogP contribution in [-0.4, -0.2) is 41.7 Å². The molecular weight excluding hydrogens is 476 g/mol. The van der Waals surface area contributed by atoms with E-state index < -0.39 is 0 Å². The average Bonchev–Trinajstić information content (AvgIpc) is 3.26. The van der Waals surface area contributed by atoms with Gasteiger partial charge in [0.15, 0.2) is 0 Å². The van der Waals surface area contributed by atoms with E-state index in [1.807, 2.05) is 24.3 Å². The Kier molecular flexibility index (Phi) is 7.94. The molecule has 6 heteroatoms. The van der Waals surface area contributed by atoms with Gasteiger partial charge in [-0.2, -0.15) is 5.10 Å². The van der Waals surface area contributed by atoms with Gasteiger partial charge in [-0.1, -0.05) is 20.8 Å². The Labute approximate surface area is 228 Å². The van der Waals surface area contributed by atoms with E-state index in [0.29, 0.717) is 41.9 Å². The van der Waals surface area contributed by atoms with Gasteiger partial charge in [-0.15, -0.1) is 0 Å². The number of fused-ring (bicyclic) bond motifs is 5. The molecule has 0 bridgehead atoms. The number of hydrogen-bond donors (Lipinski definition) is 3. The van der Waals surface area contributed by atoms with Crippen molar-refractivity contribution in [2.24, 2.45) is 51.4 Å². The highest BCUT2D eigenvalue weighted by Crippen LogP contribution is 2.68. The summed E-state index contributed by atoms with van der Waals surface area (Å²) in [6.07, 6.45) is 11.2. The average molecular weight is 525 g/mol. The highest BCUT2D eigenvalue weighted by molar-refractivity contribution is 5.82. The van der Waals surface area contributed by atoms with Crippen LogP contribution in [0.2, 0.25) is 0 Å². The van der Waals surface area contributed by atoms with E-state index in [9.17, 15) is 15.0 Å². The van der Waals surface area contributed by atoms with Crippen molar-refractivity contribution in [3.05, 3.63) is 29.8 Å². The SMILES string of the molecule is COc1ccc(/C=N\NC(=O)CC[C@H](C)[C@H]2CC[C@H]3[C@@H]4[C@@H](O)C[C@H]5C[C@@H](O)CC[C@]5(C)[C@H]4CC[C@]23C)cc1. The molecule has 4 aliphatic carbocycles. The summed E-state index contributed by atoms with van der Waals surface area (Å²) in [5, 5.41) is 25.9. The fourth-order valence-electron chi connectivity index (χ4n) is 9.66. The summed E-state index contributed by atoms with van der Waals surface area (Å²) in [4.78, 5) is 12.5. The molecule has 6 nitrogen and oxygen atoms in total. The van der Waals surface area contributed by atoms with Crippen molar-refractivity contribution in [3.63, 3.8) is 0 Å². The number of hydrazone groups is 1. The van der Waals surface area contributed by atoms with Gasteiger partial charge >= 0.3 is 0 Å². The predicted octanol–water partition coefficient (Wildman–Crippen LogP) is 5.55. The molecule has 0 radical (unpaired) electrons. The zero-order valence-corrected chi connectivity index (χ0v) is 23.7. The lowest BCUT2D eigenvalue weighted by Gasteiger charge is -2.62. The Morgan fingerprint density at radius 2 is 1.79 bits per heavy atom. The third-order valence-corrected chi connectivity index (χ3v) is 11.8. The van der Waals surface area contributed by atoms with Gasteiger partial charge in [0.05, 0.1) is 25.5 Å². The lowest BCUT2D eigenvalue weighted by atomic mass is 9.43. The minimum atomic E-state index is -0.239. The van der Waals surface area contributed by atoms with Crippen LogP contribution in [0.25, 0.3) is 0 Å². The minimum Gasteiger partial charge on any atom is -0.497 e. The Morgan fingerprint density at radius 3 is 2.53 bits per heavy atom. The molecule has 1 amide bonds. The van der Waals surface area contributed by atoms with Crippen molar-refractivity contribution >= 4 is 12.1 Å². The number of aliphatic hydroxyl groups excluding tert-OH is 2. The third-order valence-electron chi connectivity index (χ3n) is 11.8. The summed E-state index contributed by atoms with van der Waals surface area (Å²) in [6.45, 7) is 7.29. The van der Waals surface area contributed by atoms with E-state index >= 15 is 0 Å². The molecule has 0 unspecified atom stereocenters. The zero-order valence-electron chi connectivity index (χ0n) is 23.7. The second kappa shape index (κ2) is 10.9. The highest BCUT2D eigenvalue weighted by atomic mass is 16.5. The van der Waals surface area contributed by atoms with Crippen LogP contribution in [0, 0.1) is 46.3 Å². The van der Waals surface area contributed by atoms with Crippen LogP contribution in [0.3, 0.4) is 0 Å². The molecular formula is C32H48N2O4. The number of carbonyl (C=O) groups excluding carboxylic acids is 1. The van der Waals surface area contributed by atoms with E-state index in [-0.39, 0.29) is 28.9 Å². The summed E-state index contributed by atoms with van der Waals surface area (Å²) < 4.78 is 5.17. The molecule has 0 aromatic heterocycles. The number of hydrogen-bond acceptors (Lipinski definition) is 5. The molecule has 210 valence electrons. The van der Waals surface area contributed by atoms with Crippen LogP contribution in [0.4, 0.5) is 0 Å². The summed E-state index contributed by atoms with van der Waals surface area (Å²) in [7, 11) is 1.64. The molecule has 4 aliphatic rings. The molecule has 4 saturated carbocycles. The number of aliphatic hydroxyl groups is 2. The number of ether oxygens (including phenoxy) is 1. The van der Waals surface area contributed by atoms with Gasteiger partial charge in [0.25, 0.3) is 0 Å². The number of benzene rings is 1. The third kappa shape index (κ3) is 5.03. The van der Waals surface area contributed by atoms with E-state index in [1.54, 1.807) is 13.3 Å². The normalized spacial score (nSPS) is 41.2. The summed E-state index contributed by atoms with van der Waals surface area (Å²) in [5.41, 5.74) is 4.11. The minimum absolute atomic E-state index is 0.0359. The quantitative estimate of drug-likeness (QED) is 0.322. The molecule has 0 spiro atoms. The second-order valence-electron chi connectivity index (χ2n) is 13.5. The number of nitrogens with one attached hydrogen (secondary N) is 1. The van der Waals surface area contributed by atoms with Crippen LogP contribution in [0.1, 0.15) is 90.5 Å². The fourth-order valence-corrected chi connectivity index (χ4v) is 9.66. The number of amides is 1. The van der Waals surface area contributed by atoms with Gasteiger partial charge < -0.3 is 14.9 Å². The lowest BCUT2D eigenvalue weighted by Crippen LogP contribution is -2.58. The topological polar surface area (TPSA) is 91.2 Å². The largest absolute Gasteiger partial charge is 0.497 e. The van der Waals surface area contributed by atoms with Crippen LogP contribution < -0.4 is 10.2 Å². The molecule has 0 aliphatic heterocycles. The molecule has 1 aromatic rings. The molecule has 0 saturated heterocycles. The molecule has 3 N–H and O–H groups in total. The Morgan fingerprint density at radius 1 is 1.08 bits per heavy atom. The molecule has 1 aromatic carbocycles. The maximum absolute atomic E-state index is 12.5. The van der Waals surface area contributed by atoms with Crippen molar-refractivity contribution in [2.45, 2.75) is 97.2 Å². The molecule has 0 heterocycles. The van der Waals surface area contributed by atoms with E-state index in [4.69, 9.17) is 4.74 Å². The Balaban J connectivity index is 1.17. The smallest absolute Gasteiger partial charge is 0.240 e. The number of rotatable bonds is 7. The van der Waals surface area contributed by atoms with Crippen molar-refractivity contribution in [2.75, 3.05) is 7.11 Å². The first-order valence-electron chi connectivity index (χ1n) is 15.0. The number of nitrogens with zero attached hydrogens (tertiary/aromatic N) is 1. The second-order valence-corrected chi connectivity index (χ2v) is 13.5. The van der Waals surface area contributed by atoms with Crippen molar-refractivity contribution in [1.82, 2.24) is 5.43 Å². The van der Waals surface area contributed by atoms with Crippen LogP contribution >= 0.6 is 0 Å². The predicted molar refractivity (Wildman–Crippen MR) is 150 cm³/mol. The van der Waals surface area contributed by atoms with Crippen LogP contribution in [0.5, 0.6) is 5.75 Å². The van der Waals surface area contributed by atoms with E-state index in [2.05, 4.69) is 31.3 Å². The maximum atomic E-state index is 12.5. The first kappa shape index (κ1) is 27.6. The van der Waals surface area contributed by atoms with Crippen LogP contribution in [-0.2, 0) is 4.79 Å². The highest BCUT2D eigenvalue weighted by Gasteiger charge is 2.62. The van der Waals surface area contributed by atoms with E-state index in [0.717, 1.165) is 43.4 Å². The van der Waals surface area contributed by atoms with Gasteiger partial charge in [-0.3, -0.25) is 4.79 Å². The van der Waals surface area contributed by atoms with Gasteiger partial charge in [0.1, 0.15) is 5.75 Å². The number of carbonyl (C=O) groups is 1. The standard InChI is InChI=1S/C32H48N2O4/c1-20(5-12-29(37)34-33-19-21-6-8-24(38-4)9-7-21)25-10-11-26-30-27(14-16-32(25,26)3)31(2)15-13-23(35)17-22(31)18-28(30)36/h6-9,19-20,22-23,25-28,30,35-36H,5,10-18H2,1-4H3,(H,34,37)/b33-19-/t20-,22+,23-,25+,26-,27-,28-,30-,31-,32+/m0/s1. The Hall–Kier alpha value is -1.92. The number of methoxy groups -OCH3 is 1. The lowest BCUT2D eigenvalue weighted by molar-refractivity contribution is -0.174. The van der Waals surface area contributed by atoms with Gasteiger partial charge in [-0.05, 0) is 134 Å². The molecule has 5 rings (SSSR count). The van der Waals surface area contributed by atoms with Gasteiger partial charge in [0, 0.05) is 6.42 Å². The summed E-state index contributed by atoms with van der Waals surface area (Å²) >= 11 is 0. The van der Waals surface area contributed by atoms with Crippen molar-refractivity contribution in [3.8, 4) is 5.75 Å². The fraction of sp³-hybridized carbons (Fsp3) is 0.750. The van der Waals surface area contributed by atoms with Crippen LogP contribution in [0.15, 0.2) is 29.4 Å². The molecule has 10 atom stereocenters. The molecule has 38 heavy (non-hydrogen) atoms. The Bertz CT molecular complexity index is 1010. The maximum Gasteiger partial charge on any atom is 0.240 e. The summed E-state index contributed by atoms with van der Waals surface area (Å²) in [5.74, 6) is 3.79. The first-order valence-corrected chi connectivity index (χ1v) is 15.0. The summed E-state index contributed by atoms with van der Waals surface area (Å²) in [6, 6.07) is 7.56. The van der Waals surface area contributed by atoms with Gasteiger partial charge in [-0.25, -0.2) is 5.43 Å². The molecule has 4 fully saturated rings. The van der Waals surface area contributed by atoms with E-state index in [1.165, 1.54) is 25.7 Å². The van der Waals surface area contributed by atoms with Crippen molar-refractivity contribution in [1.29, 1.82) is 0 Å². The zero-order chi connectivity index (χ0) is 27.1. The monoisotopic (exact) mass is 524 g/mol. The first-order chi connectivity index (χ1) is 18.2. The van der Waals surface area contributed by atoms with Gasteiger partial charge in [0.2, 0.25) is 5.91 Å². The van der Waals surface area contributed by atoms with Crippen molar-refractivity contribution < 1.29 is 19.7 Å².